The maximum atomic E-state index is 4.27. The third-order valence-corrected chi connectivity index (χ3v) is 5.12. The van der Waals surface area contributed by atoms with E-state index < -0.39 is 0 Å². The predicted molar refractivity (Wildman–Crippen MR) is 83.9 cm³/mol. The van der Waals surface area contributed by atoms with Gasteiger partial charge in [-0.3, -0.25) is 8.96 Å². The molecule has 3 heteroatoms. The summed E-state index contributed by atoms with van der Waals surface area (Å²) < 4.78 is 2.33. The van der Waals surface area contributed by atoms with E-state index in [9.17, 15) is 0 Å². The van der Waals surface area contributed by atoms with Crippen LogP contribution in [0.15, 0.2) is 59.9 Å². The Hall–Kier alpha value is -1.87. The molecule has 0 spiro atoms. The van der Waals surface area contributed by atoms with Crippen LogP contribution >= 0.6 is 10.7 Å². The predicted octanol–water partition coefficient (Wildman–Crippen LogP) is 4.26. The number of fused-ring (bicyclic) bond motifs is 1. The molecule has 0 bridgehead atoms. The smallest absolute Gasteiger partial charge is 0.0775 e. The van der Waals surface area contributed by atoms with Crippen LogP contribution < -0.4 is 0 Å². The normalized spacial score (nSPS) is 12.9. The van der Waals surface area contributed by atoms with Crippen molar-refractivity contribution in [2.45, 2.75) is 18.7 Å². The summed E-state index contributed by atoms with van der Waals surface area (Å²) in [7, 11) is -0.0603. The van der Waals surface area contributed by atoms with Gasteiger partial charge in [-0.25, -0.2) is 0 Å². The SMILES string of the molecule is CC=S(c1ccccc1)n1cc(C)c2ccncc21. The molecule has 0 aliphatic heterocycles. The van der Waals surface area contributed by atoms with Gasteiger partial charge in [0.2, 0.25) is 0 Å². The van der Waals surface area contributed by atoms with E-state index in [0.717, 1.165) is 0 Å². The average Bonchev–Trinajstić information content (AvgIpc) is 2.79. The Kier molecular flexibility index (Phi) is 3.22. The molecule has 0 aliphatic carbocycles. The van der Waals surface area contributed by atoms with Crippen LogP contribution in [0.2, 0.25) is 0 Å². The van der Waals surface area contributed by atoms with E-state index in [4.69, 9.17) is 0 Å². The van der Waals surface area contributed by atoms with Crippen LogP contribution in [-0.2, 0) is 0 Å². The van der Waals surface area contributed by atoms with Crippen molar-refractivity contribution in [3.63, 3.8) is 0 Å². The highest BCUT2D eigenvalue weighted by Gasteiger charge is 2.08. The maximum absolute atomic E-state index is 4.27. The third-order valence-electron chi connectivity index (χ3n) is 3.19. The van der Waals surface area contributed by atoms with E-state index in [1.165, 1.54) is 21.4 Å². The summed E-state index contributed by atoms with van der Waals surface area (Å²) in [6.07, 6.45) is 6.03. The van der Waals surface area contributed by atoms with Gasteiger partial charge in [-0.15, -0.1) is 0 Å². The molecule has 2 aromatic heterocycles. The number of aryl methyl sites for hydroxylation is 1. The van der Waals surface area contributed by atoms with E-state index in [0.29, 0.717) is 0 Å². The molecule has 2 heterocycles. The minimum atomic E-state index is -0.0603. The fraction of sp³-hybridized carbons (Fsp3) is 0.125. The lowest BCUT2D eigenvalue weighted by Crippen LogP contribution is -1.91. The summed E-state index contributed by atoms with van der Waals surface area (Å²) >= 11 is 0. The highest BCUT2D eigenvalue weighted by Crippen LogP contribution is 2.33. The second-order valence-electron chi connectivity index (χ2n) is 4.39. The van der Waals surface area contributed by atoms with Crippen molar-refractivity contribution in [2.75, 3.05) is 0 Å². The van der Waals surface area contributed by atoms with E-state index >= 15 is 0 Å². The van der Waals surface area contributed by atoms with E-state index in [1.807, 2.05) is 12.4 Å². The summed E-state index contributed by atoms with van der Waals surface area (Å²) in [5.74, 6) is 0. The molecule has 0 aliphatic rings. The van der Waals surface area contributed by atoms with Crippen LogP contribution in [0.3, 0.4) is 0 Å². The van der Waals surface area contributed by atoms with E-state index in [1.54, 1.807) is 0 Å². The molecule has 0 saturated carbocycles. The lowest BCUT2D eigenvalue weighted by molar-refractivity contribution is 1.27. The molecule has 0 fully saturated rings. The molecule has 1 aromatic carbocycles. The number of benzene rings is 1. The second-order valence-corrected chi connectivity index (χ2v) is 6.36. The van der Waals surface area contributed by atoms with Gasteiger partial charge in [0.15, 0.2) is 0 Å². The fourth-order valence-electron chi connectivity index (χ4n) is 2.30. The number of nitrogens with zero attached hydrogens (tertiary/aromatic N) is 2. The van der Waals surface area contributed by atoms with Crippen LogP contribution in [0.25, 0.3) is 10.9 Å². The third kappa shape index (κ3) is 2.10. The first kappa shape index (κ1) is 12.2. The number of rotatable bonds is 2. The average molecular weight is 268 g/mol. The van der Waals surface area contributed by atoms with Crippen LogP contribution in [0, 0.1) is 6.92 Å². The summed E-state index contributed by atoms with van der Waals surface area (Å²) in [5.41, 5.74) is 2.50. The first-order chi connectivity index (χ1) is 9.31. The Balaban J connectivity index is 2.24. The molecule has 3 aromatic rings. The number of aromatic nitrogens is 2. The molecular formula is C16H16N2S. The Morgan fingerprint density at radius 1 is 1.16 bits per heavy atom. The van der Waals surface area contributed by atoms with Crippen LogP contribution in [0.4, 0.5) is 0 Å². The summed E-state index contributed by atoms with van der Waals surface area (Å²) in [4.78, 5) is 5.59. The molecule has 19 heavy (non-hydrogen) atoms. The van der Waals surface area contributed by atoms with Crippen LogP contribution in [-0.4, -0.2) is 14.3 Å². The lowest BCUT2D eigenvalue weighted by Gasteiger charge is -2.12. The highest BCUT2D eigenvalue weighted by molar-refractivity contribution is 8.13. The van der Waals surface area contributed by atoms with Gasteiger partial charge in [0, 0.05) is 22.7 Å². The Morgan fingerprint density at radius 3 is 2.68 bits per heavy atom. The Morgan fingerprint density at radius 2 is 1.95 bits per heavy atom. The van der Waals surface area contributed by atoms with Crippen molar-refractivity contribution in [3.8, 4) is 0 Å². The number of hydrogen-bond donors (Lipinski definition) is 0. The number of pyridine rings is 1. The zero-order valence-electron chi connectivity index (χ0n) is 11.1. The molecule has 0 radical (unpaired) electrons. The van der Waals surface area contributed by atoms with Crippen molar-refractivity contribution in [2.24, 2.45) is 0 Å². The molecule has 0 amide bonds. The van der Waals surface area contributed by atoms with Crippen LogP contribution in [0.1, 0.15) is 12.5 Å². The monoisotopic (exact) mass is 268 g/mol. The fourth-order valence-corrected chi connectivity index (χ4v) is 4.09. The summed E-state index contributed by atoms with van der Waals surface area (Å²) in [6, 6.07) is 12.7. The van der Waals surface area contributed by atoms with E-state index in [-0.39, 0.29) is 10.7 Å². The molecule has 2 nitrogen and oxygen atoms in total. The van der Waals surface area contributed by atoms with Crippen molar-refractivity contribution in [1.82, 2.24) is 8.96 Å². The number of hydrogen-bond acceptors (Lipinski definition) is 1. The van der Waals surface area contributed by atoms with Gasteiger partial charge in [-0.05, 0) is 43.0 Å². The highest BCUT2D eigenvalue weighted by atomic mass is 32.2. The van der Waals surface area contributed by atoms with Gasteiger partial charge in [-0.2, -0.15) is 0 Å². The standard InChI is InChI=1S/C16H16N2S/c1-3-19(14-7-5-4-6-8-14)18-12-13(2)15-9-10-17-11-16(15)18/h3-12H,1-2H3. The largest absolute Gasteiger partial charge is 0.291 e. The zero-order valence-corrected chi connectivity index (χ0v) is 11.9. The van der Waals surface area contributed by atoms with Crippen molar-refractivity contribution >= 4 is 26.9 Å². The quantitative estimate of drug-likeness (QED) is 0.635. The summed E-state index contributed by atoms with van der Waals surface area (Å²) in [5, 5.41) is 3.53. The first-order valence-electron chi connectivity index (χ1n) is 6.31. The summed E-state index contributed by atoms with van der Waals surface area (Å²) in [6.45, 7) is 4.27. The van der Waals surface area contributed by atoms with Crippen molar-refractivity contribution < 1.29 is 0 Å². The minimum Gasteiger partial charge on any atom is -0.291 e. The van der Waals surface area contributed by atoms with Gasteiger partial charge in [0.1, 0.15) is 0 Å². The molecule has 96 valence electrons. The molecule has 0 saturated heterocycles. The topological polar surface area (TPSA) is 17.8 Å². The zero-order chi connectivity index (χ0) is 13.2. The minimum absolute atomic E-state index is 0.0603. The molecule has 1 atom stereocenters. The maximum Gasteiger partial charge on any atom is 0.0775 e. The Bertz CT molecular complexity index is 742. The first-order valence-corrected chi connectivity index (χ1v) is 7.55. The van der Waals surface area contributed by atoms with Crippen LogP contribution in [0.5, 0.6) is 0 Å². The molecule has 1 unspecified atom stereocenters. The van der Waals surface area contributed by atoms with Gasteiger partial charge >= 0.3 is 0 Å². The molecule has 0 N–H and O–H groups in total. The van der Waals surface area contributed by atoms with Crippen molar-refractivity contribution in [1.29, 1.82) is 0 Å². The second kappa shape index (κ2) is 5.02. The Labute approximate surface area is 115 Å². The molecular weight excluding hydrogens is 252 g/mol. The molecule has 3 rings (SSSR count). The van der Waals surface area contributed by atoms with Crippen molar-refractivity contribution in [3.05, 3.63) is 60.6 Å². The van der Waals surface area contributed by atoms with E-state index in [2.05, 4.69) is 70.8 Å². The van der Waals surface area contributed by atoms with Gasteiger partial charge in [0.25, 0.3) is 0 Å². The van der Waals surface area contributed by atoms with Gasteiger partial charge < -0.3 is 0 Å². The van der Waals surface area contributed by atoms with Gasteiger partial charge in [0.05, 0.1) is 11.7 Å². The lowest BCUT2D eigenvalue weighted by atomic mass is 10.2. The van der Waals surface area contributed by atoms with Gasteiger partial charge in [-0.1, -0.05) is 28.9 Å².